The molecule has 3 rings (SSSR count). The van der Waals surface area contributed by atoms with Gasteiger partial charge in [-0.25, -0.2) is 0 Å². The number of para-hydroxylation sites is 1. The minimum Gasteiger partial charge on any atom is -0.324 e. The Labute approximate surface area is 121 Å². The molecule has 1 aliphatic rings. The second-order valence-electron chi connectivity index (χ2n) is 4.57. The quantitative estimate of drug-likeness (QED) is 0.879. The van der Waals surface area contributed by atoms with Gasteiger partial charge in [0, 0.05) is 11.1 Å². The van der Waals surface area contributed by atoms with Crippen molar-refractivity contribution in [1.29, 1.82) is 0 Å². The summed E-state index contributed by atoms with van der Waals surface area (Å²) in [5.41, 5.74) is 2.73. The monoisotopic (exact) mass is 283 g/mol. The Bertz CT molecular complexity index is 682. The third kappa shape index (κ3) is 2.02. The Morgan fingerprint density at radius 3 is 2.55 bits per heavy atom. The first-order chi connectivity index (χ1) is 9.72. The molecule has 0 saturated heterocycles. The third-order valence-electron chi connectivity index (χ3n) is 3.38. The van der Waals surface area contributed by atoms with Gasteiger partial charge in [0.05, 0.1) is 5.69 Å². The Hall–Kier alpha value is -2.07. The van der Waals surface area contributed by atoms with Crippen molar-refractivity contribution in [3.8, 4) is 0 Å². The topological polar surface area (TPSA) is 46.2 Å². The standard InChI is InChI=1S/C16H13NO2S/c1-20-15-12-9-5-8-11(13(12)17-16(15)19)14(18)10-6-3-2-4-7-10/h2-9,15H,1H3,(H,17,19)/t15-/m0/s1. The number of benzene rings is 2. The molecule has 2 aromatic rings. The van der Waals surface area contributed by atoms with Gasteiger partial charge in [-0.3, -0.25) is 9.59 Å². The molecule has 2 aromatic carbocycles. The Morgan fingerprint density at radius 1 is 1.10 bits per heavy atom. The number of rotatable bonds is 3. The molecule has 0 bridgehead atoms. The molecule has 0 aromatic heterocycles. The number of carbonyl (C=O) groups is 2. The molecule has 20 heavy (non-hydrogen) atoms. The maximum atomic E-state index is 12.5. The lowest BCUT2D eigenvalue weighted by Gasteiger charge is -2.08. The van der Waals surface area contributed by atoms with E-state index in [4.69, 9.17) is 0 Å². The number of thioether (sulfide) groups is 1. The highest BCUT2D eigenvalue weighted by Gasteiger charge is 2.32. The molecule has 1 amide bonds. The van der Waals surface area contributed by atoms with Gasteiger partial charge in [0.15, 0.2) is 5.78 Å². The van der Waals surface area contributed by atoms with Gasteiger partial charge in [0.25, 0.3) is 0 Å². The number of carbonyl (C=O) groups excluding carboxylic acids is 2. The Kier molecular flexibility index (Phi) is 3.32. The van der Waals surface area contributed by atoms with E-state index < -0.39 is 0 Å². The summed E-state index contributed by atoms with van der Waals surface area (Å²) in [4.78, 5) is 24.5. The lowest BCUT2D eigenvalue weighted by atomic mass is 9.99. The lowest BCUT2D eigenvalue weighted by Crippen LogP contribution is -2.10. The normalized spacial score (nSPS) is 16.6. The fraction of sp³-hybridized carbons (Fsp3) is 0.125. The van der Waals surface area contributed by atoms with Gasteiger partial charge in [-0.05, 0) is 17.9 Å². The van der Waals surface area contributed by atoms with Gasteiger partial charge in [0.1, 0.15) is 5.25 Å². The molecule has 0 fully saturated rings. The summed E-state index contributed by atoms with van der Waals surface area (Å²) in [6.07, 6.45) is 1.89. The van der Waals surface area contributed by atoms with Crippen molar-refractivity contribution in [3.63, 3.8) is 0 Å². The third-order valence-corrected chi connectivity index (χ3v) is 4.32. The molecular weight excluding hydrogens is 270 g/mol. The van der Waals surface area contributed by atoms with Crippen molar-refractivity contribution in [2.24, 2.45) is 0 Å². The Morgan fingerprint density at radius 2 is 1.85 bits per heavy atom. The van der Waals surface area contributed by atoms with Crippen molar-refractivity contribution in [2.75, 3.05) is 11.6 Å². The highest BCUT2D eigenvalue weighted by Crippen LogP contribution is 2.41. The fourth-order valence-electron chi connectivity index (χ4n) is 2.43. The number of amides is 1. The van der Waals surface area contributed by atoms with E-state index in [0.717, 1.165) is 5.56 Å². The van der Waals surface area contributed by atoms with E-state index in [0.29, 0.717) is 16.8 Å². The molecule has 1 atom stereocenters. The number of hydrogen-bond donors (Lipinski definition) is 1. The number of ketones is 1. The molecule has 0 saturated carbocycles. The van der Waals surface area contributed by atoms with Crippen LogP contribution in [0.4, 0.5) is 5.69 Å². The fourth-order valence-corrected chi connectivity index (χ4v) is 3.15. The summed E-state index contributed by atoms with van der Waals surface area (Å²) in [5.74, 6) is -0.120. The van der Waals surface area contributed by atoms with E-state index in [9.17, 15) is 9.59 Å². The first-order valence-corrected chi connectivity index (χ1v) is 7.57. The average Bonchev–Trinajstić information content (AvgIpc) is 2.82. The molecule has 1 heterocycles. The zero-order chi connectivity index (χ0) is 14.1. The van der Waals surface area contributed by atoms with Crippen LogP contribution in [0.15, 0.2) is 48.5 Å². The van der Waals surface area contributed by atoms with E-state index in [2.05, 4.69) is 5.32 Å². The second-order valence-corrected chi connectivity index (χ2v) is 5.51. The summed E-state index contributed by atoms with van der Waals surface area (Å²) >= 11 is 1.48. The van der Waals surface area contributed by atoms with Crippen LogP contribution in [0.1, 0.15) is 26.7 Å². The van der Waals surface area contributed by atoms with Gasteiger partial charge in [-0.2, -0.15) is 0 Å². The number of fused-ring (bicyclic) bond motifs is 1. The van der Waals surface area contributed by atoms with Gasteiger partial charge in [-0.15, -0.1) is 11.8 Å². The minimum absolute atomic E-state index is 0.0548. The van der Waals surface area contributed by atoms with Crippen molar-refractivity contribution in [1.82, 2.24) is 0 Å². The highest BCUT2D eigenvalue weighted by molar-refractivity contribution is 7.99. The Balaban J connectivity index is 2.08. The van der Waals surface area contributed by atoms with E-state index in [1.54, 1.807) is 18.2 Å². The minimum atomic E-state index is -0.228. The molecule has 0 aliphatic carbocycles. The number of nitrogens with one attached hydrogen (secondary N) is 1. The lowest BCUT2D eigenvalue weighted by molar-refractivity contribution is -0.115. The molecule has 1 aliphatic heterocycles. The predicted molar refractivity (Wildman–Crippen MR) is 81.2 cm³/mol. The summed E-state index contributed by atoms with van der Waals surface area (Å²) in [6.45, 7) is 0. The maximum absolute atomic E-state index is 12.5. The van der Waals surface area contributed by atoms with Crippen molar-refractivity contribution in [2.45, 2.75) is 5.25 Å². The van der Waals surface area contributed by atoms with Crippen molar-refractivity contribution in [3.05, 3.63) is 65.2 Å². The van der Waals surface area contributed by atoms with Crippen LogP contribution in [-0.4, -0.2) is 17.9 Å². The van der Waals surface area contributed by atoms with Gasteiger partial charge >= 0.3 is 0 Å². The maximum Gasteiger partial charge on any atom is 0.242 e. The van der Waals surface area contributed by atoms with Crippen molar-refractivity contribution < 1.29 is 9.59 Å². The van der Waals surface area contributed by atoms with E-state index >= 15 is 0 Å². The van der Waals surface area contributed by atoms with Gasteiger partial charge in [0.2, 0.25) is 5.91 Å². The largest absolute Gasteiger partial charge is 0.324 e. The zero-order valence-corrected chi connectivity index (χ0v) is 11.7. The zero-order valence-electron chi connectivity index (χ0n) is 10.9. The predicted octanol–water partition coefficient (Wildman–Crippen LogP) is 3.27. The smallest absolute Gasteiger partial charge is 0.242 e. The number of hydrogen-bond acceptors (Lipinski definition) is 3. The molecule has 100 valence electrons. The van der Waals surface area contributed by atoms with Gasteiger partial charge in [-0.1, -0.05) is 42.5 Å². The molecule has 3 nitrogen and oxygen atoms in total. The molecule has 4 heteroatoms. The first-order valence-electron chi connectivity index (χ1n) is 6.28. The summed E-state index contributed by atoms with van der Waals surface area (Å²) in [5, 5.41) is 2.61. The van der Waals surface area contributed by atoms with Crippen LogP contribution in [-0.2, 0) is 4.79 Å². The van der Waals surface area contributed by atoms with Crippen LogP contribution in [0.3, 0.4) is 0 Å². The molecule has 0 radical (unpaired) electrons. The van der Waals surface area contributed by atoms with Crippen LogP contribution in [0.5, 0.6) is 0 Å². The van der Waals surface area contributed by atoms with E-state index in [-0.39, 0.29) is 16.9 Å². The molecule has 0 unspecified atom stereocenters. The first kappa shape index (κ1) is 12.9. The number of anilines is 1. The van der Waals surface area contributed by atoms with E-state index in [1.165, 1.54) is 11.8 Å². The average molecular weight is 283 g/mol. The molecular formula is C16H13NO2S. The van der Waals surface area contributed by atoms with E-state index in [1.807, 2.05) is 36.6 Å². The highest BCUT2D eigenvalue weighted by atomic mass is 32.2. The molecule has 1 N–H and O–H groups in total. The van der Waals surface area contributed by atoms with Crippen LogP contribution in [0.25, 0.3) is 0 Å². The second kappa shape index (κ2) is 5.13. The van der Waals surface area contributed by atoms with Crippen LogP contribution in [0.2, 0.25) is 0 Å². The SMILES string of the molecule is CS[C@@H]1C(=O)Nc2c(C(=O)c3ccccc3)cccc21. The van der Waals surface area contributed by atoms with Crippen molar-refractivity contribution >= 4 is 29.1 Å². The van der Waals surface area contributed by atoms with Crippen LogP contribution in [0, 0.1) is 0 Å². The van der Waals surface area contributed by atoms with Gasteiger partial charge < -0.3 is 5.32 Å². The van der Waals surface area contributed by atoms with Crippen LogP contribution < -0.4 is 5.32 Å². The summed E-state index contributed by atoms with van der Waals surface area (Å²) < 4.78 is 0. The molecule has 0 spiro atoms. The van der Waals surface area contributed by atoms with Crippen LogP contribution >= 0.6 is 11.8 Å². The summed E-state index contributed by atoms with van der Waals surface area (Å²) in [6, 6.07) is 14.6. The summed E-state index contributed by atoms with van der Waals surface area (Å²) in [7, 11) is 0.